The summed E-state index contributed by atoms with van der Waals surface area (Å²) in [6.07, 6.45) is 5.73. The Bertz CT molecular complexity index is 1520. The van der Waals surface area contributed by atoms with Crippen LogP contribution in [0.15, 0.2) is 36.4 Å². The monoisotopic (exact) mass is 643 g/mol. The first-order valence-electron chi connectivity index (χ1n) is 15.4. The van der Waals surface area contributed by atoms with Gasteiger partial charge in [0.05, 0.1) is 16.6 Å². The van der Waals surface area contributed by atoms with Crippen LogP contribution in [0, 0.1) is 17.8 Å². The van der Waals surface area contributed by atoms with Crippen LogP contribution in [-0.2, 0) is 29.1 Å². The van der Waals surface area contributed by atoms with E-state index in [0.717, 1.165) is 12.8 Å². The van der Waals surface area contributed by atoms with Gasteiger partial charge in [0, 0.05) is 37.8 Å². The Labute approximate surface area is 262 Å². The number of amides is 5. The molecule has 14 heteroatoms. The molecule has 1 aromatic carbocycles. The number of sulfonamides is 1. The molecule has 5 unspecified atom stereocenters. The topological polar surface area (TPSA) is 180 Å². The fourth-order valence-electron chi connectivity index (χ4n) is 6.17. The second-order valence-electron chi connectivity index (χ2n) is 12.8. The Kier molecular flexibility index (Phi) is 8.98. The van der Waals surface area contributed by atoms with E-state index >= 15 is 0 Å². The number of benzene rings is 1. The highest BCUT2D eigenvalue weighted by atomic mass is 32.2. The van der Waals surface area contributed by atoms with Crippen molar-refractivity contribution in [1.82, 2.24) is 20.3 Å². The van der Waals surface area contributed by atoms with Gasteiger partial charge in [-0.25, -0.2) is 13.2 Å². The molecule has 4 N–H and O–H groups in total. The minimum atomic E-state index is -3.94. The number of ether oxygens (including phenoxy) is 1. The lowest BCUT2D eigenvalue weighted by atomic mass is 9.93. The molecule has 5 atom stereocenters. The molecule has 5 rings (SSSR count). The number of anilines is 1. The van der Waals surface area contributed by atoms with Gasteiger partial charge in [-0.1, -0.05) is 18.2 Å². The first-order valence-corrected chi connectivity index (χ1v) is 16.9. The van der Waals surface area contributed by atoms with Crippen molar-refractivity contribution in [3.05, 3.63) is 42.0 Å². The number of allylic oxidation sites excluding steroid dienone is 1. The van der Waals surface area contributed by atoms with E-state index in [2.05, 4.69) is 20.7 Å². The molecule has 0 bridgehead atoms. The quantitative estimate of drug-likeness (QED) is 0.340. The molecule has 1 aromatic rings. The molecule has 5 amide bonds. The minimum absolute atomic E-state index is 0.0381. The number of carbonyl (C=O) groups is 5. The number of nitrogens with one attached hydrogen (secondary N) is 4. The van der Waals surface area contributed by atoms with Crippen molar-refractivity contribution in [3.63, 3.8) is 0 Å². The largest absolute Gasteiger partial charge is 0.446 e. The van der Waals surface area contributed by atoms with Crippen LogP contribution in [0.5, 0.6) is 0 Å². The highest BCUT2D eigenvalue weighted by molar-refractivity contribution is 7.91. The van der Waals surface area contributed by atoms with Crippen LogP contribution in [0.2, 0.25) is 0 Å². The summed E-state index contributed by atoms with van der Waals surface area (Å²) in [7, 11) is -0.766. The standard InChI is InChI=1S/C31H41N5O8S/c1-30(12-13-30)45(42,43)35-28(40)31-18-20(31)10-6-4-5-7-14-36(3)27(39)24-17-22(16-23(24)26(38)34-31)44-29(41)33-21-11-8-9-19(15-21)25(37)32-2/h6,8-11,15,20,22-24H,4-5,7,12-14,16-18H2,1-3H3,(H,32,37)(H,33,41)(H,34,38)(H,35,40)/b10-6+. The minimum Gasteiger partial charge on any atom is -0.446 e. The van der Waals surface area contributed by atoms with Gasteiger partial charge in [0.1, 0.15) is 11.6 Å². The number of carbonyl (C=O) groups excluding carboxylic acids is 5. The summed E-state index contributed by atoms with van der Waals surface area (Å²) in [5.74, 6) is -4.05. The van der Waals surface area contributed by atoms with E-state index in [1.165, 1.54) is 13.1 Å². The SMILES string of the molecule is CNC(=O)c1cccc(NC(=O)OC2CC3C(=O)NC4(C(=O)NS(=O)(=O)C5(C)CC5)CC4/C=C/CCCCN(C)C(=O)C3C2)c1. The van der Waals surface area contributed by atoms with Crippen molar-refractivity contribution < 1.29 is 37.1 Å². The van der Waals surface area contributed by atoms with Crippen molar-refractivity contribution >= 4 is 45.4 Å². The zero-order valence-electron chi connectivity index (χ0n) is 25.8. The maximum absolute atomic E-state index is 13.9. The molecular formula is C31H41N5O8S. The first kappa shape index (κ1) is 32.5. The van der Waals surface area contributed by atoms with Gasteiger partial charge < -0.3 is 20.3 Å². The predicted octanol–water partition coefficient (Wildman–Crippen LogP) is 2.06. The number of fused-ring (bicyclic) bond motifs is 2. The molecule has 45 heavy (non-hydrogen) atoms. The number of nitrogens with zero attached hydrogens (tertiary/aromatic N) is 1. The summed E-state index contributed by atoms with van der Waals surface area (Å²) < 4.78 is 32.6. The molecule has 3 fully saturated rings. The second-order valence-corrected chi connectivity index (χ2v) is 15.0. The molecule has 13 nitrogen and oxygen atoms in total. The van der Waals surface area contributed by atoms with Gasteiger partial charge in [-0.3, -0.25) is 29.2 Å². The summed E-state index contributed by atoms with van der Waals surface area (Å²) in [6.45, 7) is 2.08. The lowest BCUT2D eigenvalue weighted by molar-refractivity contribution is -0.140. The predicted molar refractivity (Wildman–Crippen MR) is 164 cm³/mol. The lowest BCUT2D eigenvalue weighted by Crippen LogP contribution is -2.55. The van der Waals surface area contributed by atoms with E-state index in [9.17, 15) is 32.4 Å². The highest BCUT2D eigenvalue weighted by Gasteiger charge is 2.63. The van der Waals surface area contributed by atoms with Crippen LogP contribution in [0.3, 0.4) is 0 Å². The van der Waals surface area contributed by atoms with Gasteiger partial charge >= 0.3 is 6.09 Å². The van der Waals surface area contributed by atoms with E-state index < -0.39 is 62.1 Å². The zero-order valence-corrected chi connectivity index (χ0v) is 26.6. The molecule has 0 spiro atoms. The molecule has 244 valence electrons. The molecule has 1 heterocycles. The van der Waals surface area contributed by atoms with Crippen LogP contribution in [0.1, 0.15) is 68.6 Å². The number of rotatable bonds is 6. The summed E-state index contributed by atoms with van der Waals surface area (Å²) in [4.78, 5) is 67.3. The Morgan fingerprint density at radius 2 is 1.82 bits per heavy atom. The Morgan fingerprint density at radius 1 is 1.09 bits per heavy atom. The van der Waals surface area contributed by atoms with Crippen LogP contribution in [0.25, 0.3) is 0 Å². The van der Waals surface area contributed by atoms with Crippen LogP contribution >= 0.6 is 0 Å². The summed E-state index contributed by atoms with van der Waals surface area (Å²) in [5.41, 5.74) is -0.778. The average molecular weight is 644 g/mol. The molecule has 3 saturated carbocycles. The fourth-order valence-corrected chi connectivity index (χ4v) is 7.48. The third-order valence-electron chi connectivity index (χ3n) is 9.50. The van der Waals surface area contributed by atoms with Gasteiger partial charge in [0.2, 0.25) is 21.8 Å². The van der Waals surface area contributed by atoms with E-state index in [1.54, 1.807) is 37.1 Å². The third kappa shape index (κ3) is 6.85. The molecule has 3 aliphatic carbocycles. The maximum atomic E-state index is 13.9. The first-order chi connectivity index (χ1) is 21.3. The average Bonchev–Trinajstić information content (AvgIpc) is 3.88. The number of hydrogen-bond donors (Lipinski definition) is 4. The molecule has 1 aliphatic heterocycles. The summed E-state index contributed by atoms with van der Waals surface area (Å²) >= 11 is 0. The van der Waals surface area contributed by atoms with Crippen molar-refractivity contribution in [2.45, 2.75) is 74.7 Å². The summed E-state index contributed by atoms with van der Waals surface area (Å²) in [5, 5.41) is 7.94. The normalized spacial score (nSPS) is 30.0. The van der Waals surface area contributed by atoms with Crippen LogP contribution in [0.4, 0.5) is 10.5 Å². The van der Waals surface area contributed by atoms with Crippen LogP contribution < -0.4 is 20.7 Å². The molecule has 4 aliphatic rings. The van der Waals surface area contributed by atoms with E-state index in [-0.39, 0.29) is 31.1 Å². The molecule has 0 aromatic heterocycles. The van der Waals surface area contributed by atoms with Crippen molar-refractivity contribution in [1.29, 1.82) is 0 Å². The number of hydrogen-bond acceptors (Lipinski definition) is 8. The summed E-state index contributed by atoms with van der Waals surface area (Å²) in [6, 6.07) is 6.30. The lowest BCUT2D eigenvalue weighted by Gasteiger charge is -2.27. The van der Waals surface area contributed by atoms with Gasteiger partial charge in [0.25, 0.3) is 11.8 Å². The fraction of sp³-hybridized carbons (Fsp3) is 0.581. The maximum Gasteiger partial charge on any atom is 0.411 e. The smallest absolute Gasteiger partial charge is 0.411 e. The zero-order chi connectivity index (χ0) is 32.6. The third-order valence-corrected chi connectivity index (χ3v) is 11.7. The molecule has 0 radical (unpaired) electrons. The second kappa shape index (κ2) is 12.5. The van der Waals surface area contributed by atoms with Crippen LogP contribution in [-0.4, -0.2) is 80.1 Å². The highest BCUT2D eigenvalue weighted by Crippen LogP contribution is 2.48. The Hall–Kier alpha value is -3.94. The Morgan fingerprint density at radius 3 is 2.53 bits per heavy atom. The van der Waals surface area contributed by atoms with Crippen molar-refractivity contribution in [2.75, 3.05) is 26.0 Å². The van der Waals surface area contributed by atoms with Crippen molar-refractivity contribution in [2.24, 2.45) is 17.8 Å². The molecular weight excluding hydrogens is 602 g/mol. The Balaban J connectivity index is 1.33. The van der Waals surface area contributed by atoms with E-state index in [0.29, 0.717) is 37.1 Å². The van der Waals surface area contributed by atoms with Crippen molar-refractivity contribution in [3.8, 4) is 0 Å². The van der Waals surface area contributed by atoms with Gasteiger partial charge in [-0.2, -0.15) is 0 Å². The van der Waals surface area contributed by atoms with E-state index in [1.807, 2.05) is 12.2 Å². The molecule has 0 saturated heterocycles. The van der Waals surface area contributed by atoms with Gasteiger partial charge in [0.15, 0.2) is 0 Å². The van der Waals surface area contributed by atoms with Gasteiger partial charge in [-0.05, 0) is 76.5 Å². The van der Waals surface area contributed by atoms with E-state index in [4.69, 9.17) is 4.74 Å². The van der Waals surface area contributed by atoms with Gasteiger partial charge in [-0.15, -0.1) is 0 Å².